The van der Waals surface area contributed by atoms with Gasteiger partial charge in [-0.25, -0.2) is 4.39 Å². The molecule has 0 bridgehead atoms. The molecule has 0 aliphatic heterocycles. The summed E-state index contributed by atoms with van der Waals surface area (Å²) in [7, 11) is 1.52. The maximum absolute atomic E-state index is 13.4. The number of ether oxygens (including phenoxy) is 1. The third-order valence-corrected chi connectivity index (χ3v) is 2.28. The zero-order chi connectivity index (χ0) is 11.3. The Morgan fingerprint density at radius 1 is 1.50 bits per heavy atom. The maximum atomic E-state index is 13.4. The molecule has 16 heavy (non-hydrogen) atoms. The van der Waals surface area contributed by atoms with E-state index in [2.05, 4.69) is 0 Å². The van der Waals surface area contributed by atoms with Crippen molar-refractivity contribution < 1.29 is 14.2 Å². The second-order valence-corrected chi connectivity index (χ2v) is 3.36. The van der Waals surface area contributed by atoms with Crippen LogP contribution in [0.4, 0.5) is 4.39 Å². The third kappa shape index (κ3) is 3.96. The summed E-state index contributed by atoms with van der Waals surface area (Å²) in [6, 6.07) is 4.09. The fraction of sp³-hybridized carbons (Fsp3) is 0.455. The van der Waals surface area contributed by atoms with Gasteiger partial charge in [0.05, 0.1) is 7.11 Å². The van der Waals surface area contributed by atoms with Crippen LogP contribution in [0.2, 0.25) is 0 Å². The fourth-order valence-corrected chi connectivity index (χ4v) is 1.40. The highest BCUT2D eigenvalue weighted by molar-refractivity contribution is 5.85. The van der Waals surface area contributed by atoms with Gasteiger partial charge >= 0.3 is 0 Å². The molecule has 1 aromatic rings. The minimum atomic E-state index is -0.396. The first kappa shape index (κ1) is 15.2. The first-order valence-corrected chi connectivity index (χ1v) is 4.89. The Kier molecular flexibility index (Phi) is 7.05. The Morgan fingerprint density at radius 3 is 2.75 bits per heavy atom. The van der Waals surface area contributed by atoms with Gasteiger partial charge in [-0.3, -0.25) is 0 Å². The zero-order valence-electron chi connectivity index (χ0n) is 9.15. The number of hydrogen-bond acceptors (Lipinski definition) is 3. The minimum Gasteiger partial charge on any atom is -0.497 e. The molecule has 0 saturated carbocycles. The number of methoxy groups -OCH3 is 1. The van der Waals surface area contributed by atoms with Gasteiger partial charge in [0.2, 0.25) is 0 Å². The molecule has 5 heteroatoms. The first-order valence-electron chi connectivity index (χ1n) is 4.89. The molecule has 0 unspecified atom stereocenters. The van der Waals surface area contributed by atoms with Gasteiger partial charge in [0.15, 0.2) is 0 Å². The van der Waals surface area contributed by atoms with E-state index < -0.39 is 6.04 Å². The van der Waals surface area contributed by atoms with Crippen LogP contribution in [0.3, 0.4) is 0 Å². The topological polar surface area (TPSA) is 55.5 Å². The van der Waals surface area contributed by atoms with E-state index in [-0.39, 0.29) is 24.8 Å². The average molecular weight is 250 g/mol. The lowest BCUT2D eigenvalue weighted by molar-refractivity contribution is 0.279. The van der Waals surface area contributed by atoms with Crippen LogP contribution in [0.5, 0.6) is 5.75 Å². The van der Waals surface area contributed by atoms with E-state index in [1.54, 1.807) is 12.1 Å². The van der Waals surface area contributed by atoms with Crippen molar-refractivity contribution in [3.63, 3.8) is 0 Å². The van der Waals surface area contributed by atoms with E-state index in [0.717, 1.165) is 0 Å². The van der Waals surface area contributed by atoms with Gasteiger partial charge in [-0.2, -0.15) is 0 Å². The molecule has 1 atom stereocenters. The SMILES string of the molecule is COc1ccc(F)c([C@@H](N)CCCO)c1.Cl. The van der Waals surface area contributed by atoms with Gasteiger partial charge in [-0.15, -0.1) is 12.4 Å². The van der Waals surface area contributed by atoms with E-state index in [1.165, 1.54) is 13.2 Å². The van der Waals surface area contributed by atoms with E-state index >= 15 is 0 Å². The summed E-state index contributed by atoms with van der Waals surface area (Å²) < 4.78 is 18.4. The molecule has 3 nitrogen and oxygen atoms in total. The summed E-state index contributed by atoms with van der Waals surface area (Å²) in [5.74, 6) is 0.257. The van der Waals surface area contributed by atoms with Gasteiger partial charge in [0, 0.05) is 18.2 Å². The predicted octanol–water partition coefficient (Wildman–Crippen LogP) is 2.03. The summed E-state index contributed by atoms with van der Waals surface area (Å²) >= 11 is 0. The van der Waals surface area contributed by atoms with E-state index in [9.17, 15) is 4.39 Å². The Labute approximate surface area is 101 Å². The maximum Gasteiger partial charge on any atom is 0.128 e. The summed E-state index contributed by atoms with van der Waals surface area (Å²) in [6.45, 7) is 0.0687. The number of rotatable bonds is 5. The monoisotopic (exact) mass is 249 g/mol. The fourth-order valence-electron chi connectivity index (χ4n) is 1.40. The first-order chi connectivity index (χ1) is 7.19. The largest absolute Gasteiger partial charge is 0.497 e. The number of nitrogens with two attached hydrogens (primary N) is 1. The second kappa shape index (κ2) is 7.44. The molecule has 0 aliphatic carbocycles. The Bertz CT molecular complexity index is 323. The molecule has 0 radical (unpaired) electrons. The molecular weight excluding hydrogens is 233 g/mol. The van der Waals surface area contributed by atoms with Crippen molar-refractivity contribution in [1.82, 2.24) is 0 Å². The molecule has 1 aromatic carbocycles. The van der Waals surface area contributed by atoms with Crippen LogP contribution in [-0.2, 0) is 0 Å². The van der Waals surface area contributed by atoms with Crippen LogP contribution < -0.4 is 10.5 Å². The van der Waals surface area contributed by atoms with Crippen molar-refractivity contribution in [2.75, 3.05) is 13.7 Å². The molecule has 0 spiro atoms. The van der Waals surface area contributed by atoms with Crippen LogP contribution in [0.15, 0.2) is 18.2 Å². The van der Waals surface area contributed by atoms with E-state index in [0.29, 0.717) is 24.2 Å². The molecule has 0 aliphatic rings. The lowest BCUT2D eigenvalue weighted by atomic mass is 10.0. The Balaban J connectivity index is 0.00000225. The van der Waals surface area contributed by atoms with Gasteiger partial charge in [0.25, 0.3) is 0 Å². The molecular formula is C11H17ClFNO2. The summed E-state index contributed by atoms with van der Waals surface area (Å²) in [4.78, 5) is 0. The molecule has 0 aromatic heterocycles. The lowest BCUT2D eigenvalue weighted by Gasteiger charge is -2.13. The van der Waals surface area contributed by atoms with Gasteiger partial charge < -0.3 is 15.6 Å². The molecule has 3 N–H and O–H groups in total. The van der Waals surface area contributed by atoms with Crippen LogP contribution in [0.1, 0.15) is 24.4 Å². The highest BCUT2D eigenvalue weighted by Gasteiger charge is 2.11. The molecule has 92 valence electrons. The van der Waals surface area contributed by atoms with Gasteiger partial charge in [-0.1, -0.05) is 0 Å². The van der Waals surface area contributed by atoms with Crippen molar-refractivity contribution in [2.24, 2.45) is 5.73 Å². The van der Waals surface area contributed by atoms with E-state index in [1.807, 2.05) is 0 Å². The van der Waals surface area contributed by atoms with E-state index in [4.69, 9.17) is 15.6 Å². The van der Waals surface area contributed by atoms with Gasteiger partial charge in [-0.05, 0) is 31.0 Å². The number of halogens is 2. The number of aliphatic hydroxyl groups is 1. The number of hydrogen-bond donors (Lipinski definition) is 2. The standard InChI is InChI=1S/C11H16FNO2.ClH/c1-15-8-4-5-10(12)9(7-8)11(13)3-2-6-14;/h4-5,7,11,14H,2-3,6,13H2,1H3;1H/t11-;/m0./s1. The second-order valence-electron chi connectivity index (χ2n) is 3.36. The molecule has 1 rings (SSSR count). The Hall–Kier alpha value is -0.840. The molecule has 0 saturated heterocycles. The smallest absolute Gasteiger partial charge is 0.128 e. The zero-order valence-corrected chi connectivity index (χ0v) is 9.97. The number of benzene rings is 1. The van der Waals surface area contributed by atoms with Crippen LogP contribution >= 0.6 is 12.4 Å². The normalized spacial score (nSPS) is 11.8. The third-order valence-electron chi connectivity index (χ3n) is 2.28. The minimum absolute atomic E-state index is 0. The number of aliphatic hydroxyl groups excluding tert-OH is 1. The van der Waals surface area contributed by atoms with Gasteiger partial charge in [0.1, 0.15) is 11.6 Å². The van der Waals surface area contributed by atoms with Crippen molar-refractivity contribution in [1.29, 1.82) is 0 Å². The molecule has 0 heterocycles. The molecule has 0 fully saturated rings. The molecule has 0 amide bonds. The lowest BCUT2D eigenvalue weighted by Crippen LogP contribution is -2.12. The highest BCUT2D eigenvalue weighted by atomic mass is 35.5. The van der Waals surface area contributed by atoms with Crippen molar-refractivity contribution in [3.8, 4) is 5.75 Å². The quantitative estimate of drug-likeness (QED) is 0.840. The highest BCUT2D eigenvalue weighted by Crippen LogP contribution is 2.23. The summed E-state index contributed by atoms with van der Waals surface area (Å²) in [5.41, 5.74) is 6.23. The predicted molar refractivity (Wildman–Crippen MR) is 63.4 cm³/mol. The van der Waals surface area contributed by atoms with Crippen molar-refractivity contribution in [2.45, 2.75) is 18.9 Å². The summed E-state index contributed by atoms with van der Waals surface area (Å²) in [5, 5.41) is 8.66. The Morgan fingerprint density at radius 2 is 2.19 bits per heavy atom. The summed E-state index contributed by atoms with van der Waals surface area (Å²) in [6.07, 6.45) is 1.12. The van der Waals surface area contributed by atoms with Crippen LogP contribution in [-0.4, -0.2) is 18.8 Å². The van der Waals surface area contributed by atoms with Crippen LogP contribution in [0, 0.1) is 5.82 Å². The van der Waals surface area contributed by atoms with Crippen molar-refractivity contribution in [3.05, 3.63) is 29.6 Å². The van der Waals surface area contributed by atoms with Crippen molar-refractivity contribution >= 4 is 12.4 Å². The van der Waals surface area contributed by atoms with Crippen LogP contribution in [0.25, 0.3) is 0 Å². The average Bonchev–Trinajstić information content (AvgIpc) is 2.26.